The van der Waals surface area contributed by atoms with Crippen molar-refractivity contribution in [2.75, 3.05) is 11.1 Å². The highest BCUT2D eigenvalue weighted by Crippen LogP contribution is 2.19. The number of nitrogens with two attached hydrogens (primary N) is 1. The molecule has 1 aromatic heterocycles. The van der Waals surface area contributed by atoms with Gasteiger partial charge in [-0.1, -0.05) is 11.6 Å². The van der Waals surface area contributed by atoms with Gasteiger partial charge in [0.1, 0.15) is 5.15 Å². The Balaban J connectivity index is 2.25. The maximum atomic E-state index is 13.0. The quantitative estimate of drug-likeness (QED) is 0.833. The van der Waals surface area contributed by atoms with Crippen LogP contribution >= 0.6 is 11.6 Å². The third-order valence-electron chi connectivity index (χ3n) is 2.28. The van der Waals surface area contributed by atoms with Gasteiger partial charge >= 0.3 is 0 Å². The number of benzene rings is 1. The Bertz CT molecular complexity index is 649. The van der Waals surface area contributed by atoms with Crippen LogP contribution in [0.2, 0.25) is 5.15 Å². The van der Waals surface area contributed by atoms with Gasteiger partial charge in [0, 0.05) is 11.8 Å². The van der Waals surface area contributed by atoms with E-state index in [1.807, 2.05) is 0 Å². The highest BCUT2D eigenvalue weighted by molar-refractivity contribution is 6.33. The summed E-state index contributed by atoms with van der Waals surface area (Å²) < 4.78 is 25.7. The van der Waals surface area contributed by atoms with Gasteiger partial charge < -0.3 is 11.1 Å². The van der Waals surface area contributed by atoms with Crippen molar-refractivity contribution in [1.29, 1.82) is 0 Å². The number of nitrogen functional groups attached to an aromatic ring is 1. The molecule has 7 heteroatoms. The van der Waals surface area contributed by atoms with Crippen molar-refractivity contribution in [3.05, 3.63) is 52.8 Å². The number of anilines is 2. The SMILES string of the molecule is Nc1cnc(Cl)c(C(=O)Nc2ccc(F)c(F)c2)c1. The molecule has 3 N–H and O–H groups in total. The van der Waals surface area contributed by atoms with E-state index in [0.29, 0.717) is 0 Å². The van der Waals surface area contributed by atoms with Gasteiger partial charge in [0.25, 0.3) is 5.91 Å². The van der Waals surface area contributed by atoms with E-state index in [-0.39, 0.29) is 22.1 Å². The molecular formula is C12H8ClF2N3O. The summed E-state index contributed by atoms with van der Waals surface area (Å²) in [6.45, 7) is 0. The molecule has 0 saturated heterocycles. The minimum atomic E-state index is -1.06. The van der Waals surface area contributed by atoms with E-state index in [4.69, 9.17) is 17.3 Å². The molecule has 2 rings (SSSR count). The Hall–Kier alpha value is -2.21. The topological polar surface area (TPSA) is 68.0 Å². The van der Waals surface area contributed by atoms with Gasteiger partial charge in [-0.2, -0.15) is 0 Å². The summed E-state index contributed by atoms with van der Waals surface area (Å²) in [5.74, 6) is -2.67. The third-order valence-corrected chi connectivity index (χ3v) is 2.58. The molecule has 0 atom stereocenters. The molecule has 2 aromatic rings. The summed E-state index contributed by atoms with van der Waals surface area (Å²) in [5, 5.41) is 2.34. The Morgan fingerprint density at radius 2 is 2.00 bits per heavy atom. The van der Waals surface area contributed by atoms with Gasteiger partial charge in [-0.25, -0.2) is 13.8 Å². The molecule has 4 nitrogen and oxygen atoms in total. The van der Waals surface area contributed by atoms with E-state index in [1.165, 1.54) is 18.3 Å². The molecule has 0 radical (unpaired) electrons. The molecule has 0 saturated carbocycles. The first-order valence-corrected chi connectivity index (χ1v) is 5.52. The number of amides is 1. The van der Waals surface area contributed by atoms with E-state index < -0.39 is 17.5 Å². The first-order valence-electron chi connectivity index (χ1n) is 5.15. The number of carbonyl (C=O) groups is 1. The van der Waals surface area contributed by atoms with Crippen LogP contribution in [0.4, 0.5) is 20.2 Å². The first kappa shape index (κ1) is 13.2. The van der Waals surface area contributed by atoms with E-state index in [1.54, 1.807) is 0 Å². The number of rotatable bonds is 2. The Labute approximate surface area is 112 Å². The molecule has 19 heavy (non-hydrogen) atoms. The fourth-order valence-electron chi connectivity index (χ4n) is 1.40. The molecule has 0 aliphatic rings. The maximum Gasteiger partial charge on any atom is 0.258 e. The van der Waals surface area contributed by atoms with Gasteiger partial charge in [-0.15, -0.1) is 0 Å². The van der Waals surface area contributed by atoms with Gasteiger partial charge in [-0.05, 0) is 18.2 Å². The van der Waals surface area contributed by atoms with Gasteiger partial charge in [-0.3, -0.25) is 4.79 Å². The maximum absolute atomic E-state index is 13.0. The van der Waals surface area contributed by atoms with E-state index in [2.05, 4.69) is 10.3 Å². The summed E-state index contributed by atoms with van der Waals surface area (Å²) in [6.07, 6.45) is 1.30. The van der Waals surface area contributed by atoms with Crippen molar-refractivity contribution in [3.63, 3.8) is 0 Å². The molecule has 1 amide bonds. The molecule has 0 aliphatic heterocycles. The normalized spacial score (nSPS) is 10.3. The molecule has 0 fully saturated rings. The number of hydrogen-bond acceptors (Lipinski definition) is 3. The first-order chi connectivity index (χ1) is 8.97. The smallest absolute Gasteiger partial charge is 0.258 e. The average molecular weight is 284 g/mol. The number of aromatic nitrogens is 1. The van der Waals surface area contributed by atoms with Crippen LogP contribution in [0.5, 0.6) is 0 Å². The molecule has 0 bridgehead atoms. The van der Waals surface area contributed by atoms with Crippen LogP contribution in [0.1, 0.15) is 10.4 Å². The lowest BCUT2D eigenvalue weighted by Crippen LogP contribution is -2.13. The number of nitrogens with one attached hydrogen (secondary N) is 1. The Kier molecular flexibility index (Phi) is 3.62. The minimum absolute atomic E-state index is 0.0331. The van der Waals surface area contributed by atoms with Crippen LogP contribution in [-0.4, -0.2) is 10.9 Å². The van der Waals surface area contributed by atoms with Crippen LogP contribution in [0.3, 0.4) is 0 Å². The molecule has 1 heterocycles. The van der Waals surface area contributed by atoms with Crippen molar-refractivity contribution in [1.82, 2.24) is 4.98 Å². The predicted molar refractivity (Wildman–Crippen MR) is 68.0 cm³/mol. The summed E-state index contributed by atoms with van der Waals surface area (Å²) in [7, 11) is 0. The highest BCUT2D eigenvalue weighted by atomic mass is 35.5. The van der Waals surface area contributed by atoms with Crippen molar-refractivity contribution in [2.45, 2.75) is 0 Å². The number of halogens is 3. The van der Waals surface area contributed by atoms with Crippen LogP contribution in [0.25, 0.3) is 0 Å². The summed E-state index contributed by atoms with van der Waals surface area (Å²) in [4.78, 5) is 15.6. The van der Waals surface area contributed by atoms with Gasteiger partial charge in [0.05, 0.1) is 17.4 Å². The Morgan fingerprint density at radius 3 is 2.68 bits per heavy atom. The molecule has 0 aliphatic carbocycles. The summed E-state index contributed by atoms with van der Waals surface area (Å²) in [5.41, 5.74) is 5.90. The molecule has 98 valence electrons. The zero-order valence-corrected chi connectivity index (χ0v) is 10.2. The summed E-state index contributed by atoms with van der Waals surface area (Å²) in [6, 6.07) is 4.33. The number of nitrogens with zero attached hydrogens (tertiary/aromatic N) is 1. The number of carbonyl (C=O) groups excluding carboxylic acids is 1. The third kappa shape index (κ3) is 2.97. The average Bonchev–Trinajstić information content (AvgIpc) is 2.36. The standard InChI is InChI=1S/C12H8ClF2N3O/c13-11-8(3-6(16)5-17-11)12(19)18-7-1-2-9(14)10(15)4-7/h1-5H,16H2,(H,18,19). The molecule has 0 unspecified atom stereocenters. The van der Waals surface area contributed by atoms with Crippen molar-refractivity contribution < 1.29 is 13.6 Å². The predicted octanol–water partition coefficient (Wildman–Crippen LogP) is 2.85. The minimum Gasteiger partial charge on any atom is -0.397 e. The van der Waals surface area contributed by atoms with Crippen LogP contribution in [0, 0.1) is 11.6 Å². The van der Waals surface area contributed by atoms with Crippen molar-refractivity contribution in [3.8, 4) is 0 Å². The summed E-state index contributed by atoms with van der Waals surface area (Å²) >= 11 is 5.75. The monoisotopic (exact) mass is 283 g/mol. The Morgan fingerprint density at radius 1 is 1.26 bits per heavy atom. The number of pyridine rings is 1. The van der Waals surface area contributed by atoms with Gasteiger partial charge in [0.2, 0.25) is 0 Å². The number of hydrogen-bond donors (Lipinski definition) is 2. The van der Waals surface area contributed by atoms with Crippen molar-refractivity contribution in [2.24, 2.45) is 0 Å². The zero-order valence-electron chi connectivity index (χ0n) is 9.45. The fourth-order valence-corrected chi connectivity index (χ4v) is 1.58. The lowest BCUT2D eigenvalue weighted by atomic mass is 10.2. The largest absolute Gasteiger partial charge is 0.397 e. The van der Waals surface area contributed by atoms with Crippen LogP contribution in [-0.2, 0) is 0 Å². The van der Waals surface area contributed by atoms with E-state index in [0.717, 1.165) is 12.1 Å². The van der Waals surface area contributed by atoms with E-state index in [9.17, 15) is 13.6 Å². The zero-order chi connectivity index (χ0) is 14.0. The lowest BCUT2D eigenvalue weighted by molar-refractivity contribution is 0.102. The van der Waals surface area contributed by atoms with Crippen LogP contribution < -0.4 is 11.1 Å². The molecule has 1 aromatic carbocycles. The second-order valence-corrected chi connectivity index (χ2v) is 4.05. The molecule has 0 spiro atoms. The molecular weight excluding hydrogens is 276 g/mol. The van der Waals surface area contributed by atoms with Gasteiger partial charge in [0.15, 0.2) is 11.6 Å². The van der Waals surface area contributed by atoms with E-state index >= 15 is 0 Å². The second-order valence-electron chi connectivity index (χ2n) is 3.69. The second kappa shape index (κ2) is 5.19. The highest BCUT2D eigenvalue weighted by Gasteiger charge is 2.13. The van der Waals surface area contributed by atoms with Crippen molar-refractivity contribution >= 4 is 28.9 Å². The lowest BCUT2D eigenvalue weighted by Gasteiger charge is -2.07. The fraction of sp³-hybridized carbons (Fsp3) is 0. The van der Waals surface area contributed by atoms with Crippen LogP contribution in [0.15, 0.2) is 30.5 Å².